The first-order chi connectivity index (χ1) is 14.6. The van der Waals surface area contributed by atoms with Crippen LogP contribution in [0.3, 0.4) is 0 Å². The van der Waals surface area contributed by atoms with Crippen LogP contribution in [-0.2, 0) is 16.0 Å². The van der Waals surface area contributed by atoms with Crippen molar-refractivity contribution in [1.29, 1.82) is 5.41 Å². The highest BCUT2D eigenvalue weighted by Crippen LogP contribution is 2.22. The Hall–Kier alpha value is -3.28. The molecular formula is C20H23N3O7S. The van der Waals surface area contributed by atoms with Crippen LogP contribution in [0.5, 0.6) is 5.75 Å². The summed E-state index contributed by atoms with van der Waals surface area (Å²) in [6.45, 7) is 1.60. The summed E-state index contributed by atoms with van der Waals surface area (Å²) in [4.78, 5) is 36.4. The van der Waals surface area contributed by atoms with Crippen molar-refractivity contribution in [2.75, 3.05) is 0 Å². The maximum atomic E-state index is 12.3. The molecule has 0 bridgehead atoms. The van der Waals surface area contributed by atoms with Gasteiger partial charge in [0, 0.05) is 16.4 Å². The molecule has 11 heteroatoms. The number of ether oxygens (including phenoxy) is 1. The summed E-state index contributed by atoms with van der Waals surface area (Å²) in [6.07, 6.45) is -2.36. The van der Waals surface area contributed by atoms with Gasteiger partial charge in [-0.1, -0.05) is 6.92 Å². The number of thiophene rings is 1. The van der Waals surface area contributed by atoms with Gasteiger partial charge in [0.25, 0.3) is 0 Å². The van der Waals surface area contributed by atoms with Crippen LogP contribution in [0.15, 0.2) is 36.4 Å². The zero-order valence-electron chi connectivity index (χ0n) is 16.6. The van der Waals surface area contributed by atoms with E-state index < -0.39 is 42.5 Å². The van der Waals surface area contributed by atoms with Crippen LogP contribution in [0.4, 0.5) is 0 Å². The van der Waals surface area contributed by atoms with Crippen molar-refractivity contribution in [2.24, 2.45) is 11.7 Å². The molecule has 31 heavy (non-hydrogen) atoms. The number of nitrogens with two attached hydrogens (primary N) is 1. The van der Waals surface area contributed by atoms with E-state index >= 15 is 0 Å². The Labute approximate surface area is 181 Å². The highest BCUT2D eigenvalue weighted by molar-refractivity contribution is 7.13. The van der Waals surface area contributed by atoms with Crippen LogP contribution in [0, 0.1) is 11.3 Å². The number of aliphatic carboxylic acids is 1. The Morgan fingerprint density at radius 3 is 2.35 bits per heavy atom. The summed E-state index contributed by atoms with van der Waals surface area (Å²) < 4.78 is 5.29. The molecule has 2 atom stereocenters. The van der Waals surface area contributed by atoms with Crippen molar-refractivity contribution in [3.05, 3.63) is 51.7 Å². The first-order valence-corrected chi connectivity index (χ1v) is 10.0. The van der Waals surface area contributed by atoms with Gasteiger partial charge < -0.3 is 31.1 Å². The van der Waals surface area contributed by atoms with Crippen molar-refractivity contribution in [1.82, 2.24) is 5.32 Å². The number of carbonyl (C=O) groups excluding carboxylic acids is 2. The van der Waals surface area contributed by atoms with E-state index in [-0.39, 0.29) is 12.3 Å². The smallest absolute Gasteiger partial charge is 0.353 e. The first kappa shape index (κ1) is 24.0. The number of aliphatic hydroxyl groups excluding tert-OH is 1. The molecule has 1 heterocycles. The highest BCUT2D eigenvalue weighted by Gasteiger charge is 2.25. The van der Waals surface area contributed by atoms with Crippen LogP contribution >= 0.6 is 11.3 Å². The van der Waals surface area contributed by atoms with Gasteiger partial charge in [-0.3, -0.25) is 15.0 Å². The van der Waals surface area contributed by atoms with E-state index in [1.165, 1.54) is 12.1 Å². The van der Waals surface area contributed by atoms with Gasteiger partial charge in [0.2, 0.25) is 5.91 Å². The number of benzene rings is 1. The molecule has 1 amide bonds. The summed E-state index contributed by atoms with van der Waals surface area (Å²) in [7, 11) is 0. The molecule has 0 saturated heterocycles. The Kier molecular flexibility index (Phi) is 8.25. The van der Waals surface area contributed by atoms with Gasteiger partial charge in [0.1, 0.15) is 16.5 Å². The van der Waals surface area contributed by atoms with Crippen LogP contribution in [0.25, 0.3) is 0 Å². The fourth-order valence-corrected chi connectivity index (χ4v) is 3.61. The number of nitrogen functional groups attached to an aromatic ring is 1. The number of carboxylic acid groups (broad SMARTS) is 1. The molecule has 1 unspecified atom stereocenters. The number of nitrogens with one attached hydrogen (secondary N) is 2. The second kappa shape index (κ2) is 10.7. The van der Waals surface area contributed by atoms with Crippen molar-refractivity contribution in [3.63, 3.8) is 0 Å². The van der Waals surface area contributed by atoms with E-state index in [1.807, 2.05) is 0 Å². The van der Waals surface area contributed by atoms with Crippen molar-refractivity contribution < 1.29 is 34.4 Å². The molecule has 7 N–H and O–H groups in total. The van der Waals surface area contributed by atoms with E-state index in [2.05, 4.69) is 5.32 Å². The zero-order valence-corrected chi connectivity index (χ0v) is 17.4. The van der Waals surface area contributed by atoms with Crippen molar-refractivity contribution in [2.45, 2.75) is 32.1 Å². The lowest BCUT2D eigenvalue weighted by atomic mass is 10.0. The normalized spacial score (nSPS) is 12.8. The standard InChI is InChI=1S/C20H23N3O7S/c1-10(18(26)23-14(19(27)28)9-16(24)25)8-13-6-7-15(31-13)20(29)30-12-4-2-11(3-5-12)17(21)22/h2-7,10,14,19,27-28H,8-9H2,1H3,(H3,21,22)(H,23,26)(H,24,25)/t10?,14-/m0/s1. The molecule has 0 radical (unpaired) electrons. The lowest BCUT2D eigenvalue weighted by Crippen LogP contribution is -2.46. The Morgan fingerprint density at radius 1 is 1.16 bits per heavy atom. The first-order valence-electron chi connectivity index (χ1n) is 9.20. The van der Waals surface area contributed by atoms with E-state index in [0.29, 0.717) is 16.2 Å². The predicted molar refractivity (Wildman–Crippen MR) is 112 cm³/mol. The van der Waals surface area contributed by atoms with Gasteiger partial charge in [-0.2, -0.15) is 0 Å². The van der Waals surface area contributed by atoms with Gasteiger partial charge in [-0.15, -0.1) is 11.3 Å². The average molecular weight is 449 g/mol. The number of rotatable bonds is 10. The molecule has 166 valence electrons. The van der Waals surface area contributed by atoms with E-state index in [1.54, 1.807) is 31.2 Å². The maximum absolute atomic E-state index is 12.3. The molecule has 0 aliphatic carbocycles. The summed E-state index contributed by atoms with van der Waals surface area (Å²) >= 11 is 1.15. The minimum atomic E-state index is -2.00. The fraction of sp³-hybridized carbons (Fsp3) is 0.300. The van der Waals surface area contributed by atoms with Gasteiger partial charge in [0.15, 0.2) is 6.29 Å². The van der Waals surface area contributed by atoms with Crippen molar-refractivity contribution in [3.8, 4) is 5.75 Å². The second-order valence-electron chi connectivity index (χ2n) is 6.83. The van der Waals surface area contributed by atoms with Crippen LogP contribution in [0.1, 0.15) is 33.5 Å². The second-order valence-corrected chi connectivity index (χ2v) is 7.99. The number of carbonyl (C=O) groups is 3. The Balaban J connectivity index is 1.95. The SMILES string of the molecule is CC(Cc1ccc(C(=O)Oc2ccc(C(=N)N)cc2)s1)C(=O)N[C@@H](CC(=O)O)C(O)O. The van der Waals surface area contributed by atoms with E-state index in [0.717, 1.165) is 16.2 Å². The molecule has 10 nitrogen and oxygen atoms in total. The minimum Gasteiger partial charge on any atom is -0.481 e. The predicted octanol–water partition coefficient (Wildman–Crippen LogP) is 0.700. The number of carboxylic acids is 1. The minimum absolute atomic E-state index is 0.0956. The average Bonchev–Trinajstić information content (AvgIpc) is 3.16. The molecule has 0 fully saturated rings. The summed E-state index contributed by atoms with van der Waals surface area (Å²) in [6, 6.07) is 8.10. The number of hydrogen-bond donors (Lipinski definition) is 6. The number of aliphatic hydroxyl groups is 2. The van der Waals surface area contributed by atoms with Crippen molar-refractivity contribution >= 4 is 35.0 Å². The van der Waals surface area contributed by atoms with Gasteiger partial charge in [-0.05, 0) is 42.8 Å². The summed E-state index contributed by atoms with van der Waals surface area (Å²) in [5.41, 5.74) is 5.88. The molecule has 0 spiro atoms. The molecular weight excluding hydrogens is 426 g/mol. The van der Waals surface area contributed by atoms with E-state index in [4.69, 9.17) is 21.0 Å². The van der Waals surface area contributed by atoms with Gasteiger partial charge in [0.05, 0.1) is 12.5 Å². The Morgan fingerprint density at radius 2 is 1.81 bits per heavy atom. The molecule has 1 aromatic heterocycles. The van der Waals surface area contributed by atoms with E-state index in [9.17, 15) is 24.6 Å². The summed E-state index contributed by atoms with van der Waals surface area (Å²) in [5, 5.41) is 36.9. The third-order valence-electron chi connectivity index (χ3n) is 4.28. The highest BCUT2D eigenvalue weighted by atomic mass is 32.1. The molecule has 2 rings (SSSR count). The Bertz CT molecular complexity index is 956. The molecule has 0 aliphatic rings. The number of amidine groups is 1. The molecule has 1 aromatic carbocycles. The van der Waals surface area contributed by atoms with Gasteiger partial charge in [-0.25, -0.2) is 4.79 Å². The number of amides is 1. The van der Waals surface area contributed by atoms with Crippen LogP contribution < -0.4 is 15.8 Å². The third-order valence-corrected chi connectivity index (χ3v) is 5.36. The van der Waals surface area contributed by atoms with Crippen LogP contribution in [0.2, 0.25) is 0 Å². The maximum Gasteiger partial charge on any atom is 0.353 e. The fourth-order valence-electron chi connectivity index (χ4n) is 2.60. The third kappa shape index (κ3) is 7.17. The lowest BCUT2D eigenvalue weighted by Gasteiger charge is -2.20. The molecule has 0 saturated carbocycles. The molecule has 2 aromatic rings. The van der Waals surface area contributed by atoms with Crippen LogP contribution in [-0.4, -0.2) is 51.3 Å². The quantitative estimate of drug-likeness (QED) is 0.101. The van der Waals surface area contributed by atoms with Gasteiger partial charge >= 0.3 is 11.9 Å². The topological polar surface area (TPSA) is 183 Å². The monoisotopic (exact) mass is 449 g/mol. The number of esters is 1. The zero-order chi connectivity index (χ0) is 23.1. The molecule has 0 aliphatic heterocycles. The lowest BCUT2D eigenvalue weighted by molar-refractivity contribution is -0.143. The summed E-state index contributed by atoms with van der Waals surface area (Å²) in [5.74, 6) is -2.79. The number of hydrogen-bond acceptors (Lipinski definition) is 8. The largest absolute Gasteiger partial charge is 0.481 e.